The zero-order chi connectivity index (χ0) is 19.7. The minimum absolute atomic E-state index is 0.130. The van der Waals surface area contributed by atoms with Gasteiger partial charge in [0.15, 0.2) is 0 Å². The average Bonchev–Trinajstić information content (AvgIpc) is 3.16. The highest BCUT2D eigenvalue weighted by Crippen LogP contribution is 2.35. The van der Waals surface area contributed by atoms with Crippen molar-refractivity contribution >= 4 is 17.3 Å². The zero-order valence-corrected chi connectivity index (χ0v) is 16.9. The molecule has 28 heavy (non-hydrogen) atoms. The summed E-state index contributed by atoms with van der Waals surface area (Å²) in [4.78, 5) is 17.7. The summed E-state index contributed by atoms with van der Waals surface area (Å²) in [7, 11) is 0. The predicted octanol–water partition coefficient (Wildman–Crippen LogP) is 4.06. The molecule has 0 bridgehead atoms. The van der Waals surface area contributed by atoms with Crippen LogP contribution in [0.25, 0.3) is 21.7 Å². The van der Waals surface area contributed by atoms with Crippen LogP contribution < -0.4 is 4.90 Å². The molecule has 3 aromatic rings. The van der Waals surface area contributed by atoms with E-state index in [1.165, 1.54) is 11.3 Å². The molecular formula is C21H21N5OS. The molecule has 1 aliphatic heterocycles. The summed E-state index contributed by atoms with van der Waals surface area (Å²) >= 11 is 1.45. The Labute approximate surface area is 168 Å². The van der Waals surface area contributed by atoms with Gasteiger partial charge < -0.3 is 9.64 Å². The fourth-order valence-corrected chi connectivity index (χ4v) is 4.31. The number of hydrogen-bond donors (Lipinski definition) is 0. The molecule has 1 fully saturated rings. The molecule has 0 saturated carbocycles. The third-order valence-corrected chi connectivity index (χ3v) is 5.63. The van der Waals surface area contributed by atoms with E-state index in [1.54, 1.807) is 6.20 Å². The smallest absolute Gasteiger partial charge is 0.226 e. The SMILES string of the molecule is Cc1cc(-c2cnc(N3CC(C)O[C@@H](C)C3)nc2-c2ccc(C#N)s2)ccn1. The maximum absolute atomic E-state index is 9.23. The van der Waals surface area contributed by atoms with Crippen molar-refractivity contribution < 1.29 is 4.74 Å². The molecule has 2 atom stereocenters. The molecule has 0 radical (unpaired) electrons. The number of nitrogens with zero attached hydrogens (tertiary/aromatic N) is 5. The first-order chi connectivity index (χ1) is 13.5. The van der Waals surface area contributed by atoms with Gasteiger partial charge in [-0.05, 0) is 50.6 Å². The lowest BCUT2D eigenvalue weighted by molar-refractivity contribution is -0.00571. The fraction of sp³-hybridized carbons (Fsp3) is 0.333. The second kappa shape index (κ2) is 7.66. The summed E-state index contributed by atoms with van der Waals surface area (Å²) in [5, 5.41) is 9.23. The summed E-state index contributed by atoms with van der Waals surface area (Å²) in [5.41, 5.74) is 3.74. The summed E-state index contributed by atoms with van der Waals surface area (Å²) in [6.07, 6.45) is 3.93. The Morgan fingerprint density at radius 3 is 2.64 bits per heavy atom. The number of hydrogen-bond acceptors (Lipinski definition) is 7. The van der Waals surface area contributed by atoms with Gasteiger partial charge in [0.05, 0.1) is 22.8 Å². The number of pyridine rings is 1. The summed E-state index contributed by atoms with van der Waals surface area (Å²) in [5.74, 6) is 0.693. The number of morpholine rings is 1. The van der Waals surface area contributed by atoms with Gasteiger partial charge >= 0.3 is 0 Å². The van der Waals surface area contributed by atoms with Gasteiger partial charge in [-0.25, -0.2) is 9.97 Å². The molecule has 6 nitrogen and oxygen atoms in total. The number of aromatic nitrogens is 3. The van der Waals surface area contributed by atoms with Crippen molar-refractivity contribution in [3.8, 4) is 27.8 Å². The normalized spacial score (nSPS) is 19.4. The third kappa shape index (κ3) is 3.75. The lowest BCUT2D eigenvalue weighted by Crippen LogP contribution is -2.46. The highest BCUT2D eigenvalue weighted by molar-refractivity contribution is 7.16. The second-order valence-corrected chi connectivity index (χ2v) is 8.14. The number of nitriles is 1. The Balaban J connectivity index is 1.82. The molecule has 7 heteroatoms. The van der Waals surface area contributed by atoms with Gasteiger partial charge in [-0.15, -0.1) is 11.3 Å². The third-order valence-electron chi connectivity index (χ3n) is 4.64. The van der Waals surface area contributed by atoms with Crippen molar-refractivity contribution in [1.82, 2.24) is 15.0 Å². The highest BCUT2D eigenvalue weighted by atomic mass is 32.1. The highest BCUT2D eigenvalue weighted by Gasteiger charge is 2.25. The van der Waals surface area contributed by atoms with Crippen molar-refractivity contribution in [2.75, 3.05) is 18.0 Å². The number of aryl methyl sites for hydroxylation is 1. The van der Waals surface area contributed by atoms with Crippen LogP contribution in [-0.4, -0.2) is 40.2 Å². The molecular weight excluding hydrogens is 370 g/mol. The molecule has 1 aliphatic rings. The van der Waals surface area contributed by atoms with E-state index >= 15 is 0 Å². The van der Waals surface area contributed by atoms with Gasteiger partial charge in [-0.3, -0.25) is 4.98 Å². The fourth-order valence-electron chi connectivity index (χ4n) is 3.50. The Hall–Kier alpha value is -2.82. The number of anilines is 1. The quantitative estimate of drug-likeness (QED) is 0.670. The first-order valence-electron chi connectivity index (χ1n) is 9.24. The van der Waals surface area contributed by atoms with Crippen LogP contribution in [0.2, 0.25) is 0 Å². The minimum atomic E-state index is 0.130. The Bertz CT molecular complexity index is 1030. The van der Waals surface area contributed by atoms with Crippen molar-refractivity contribution in [1.29, 1.82) is 5.26 Å². The van der Waals surface area contributed by atoms with Crippen molar-refractivity contribution in [3.63, 3.8) is 0 Å². The zero-order valence-electron chi connectivity index (χ0n) is 16.1. The molecule has 0 N–H and O–H groups in total. The first kappa shape index (κ1) is 18.5. The van der Waals surface area contributed by atoms with Gasteiger partial charge in [0.1, 0.15) is 10.9 Å². The van der Waals surface area contributed by atoms with Gasteiger partial charge in [0.2, 0.25) is 5.95 Å². The first-order valence-corrected chi connectivity index (χ1v) is 10.1. The molecule has 4 heterocycles. The monoisotopic (exact) mass is 391 g/mol. The molecule has 1 saturated heterocycles. The van der Waals surface area contributed by atoms with E-state index in [0.29, 0.717) is 10.8 Å². The standard InChI is InChI=1S/C21H21N5OS/c1-13-8-16(6-7-23-13)18-10-24-21(26-11-14(2)27-15(3)12-26)25-20(18)19-5-4-17(9-22)28-19/h4-8,10,14-15H,11-12H2,1-3H3/t14-,15?/m0/s1. The van der Waals surface area contributed by atoms with E-state index in [2.05, 4.69) is 34.8 Å². The maximum atomic E-state index is 9.23. The lowest BCUT2D eigenvalue weighted by Gasteiger charge is -2.35. The van der Waals surface area contributed by atoms with Gasteiger partial charge in [-0.2, -0.15) is 5.26 Å². The topological polar surface area (TPSA) is 74.9 Å². The summed E-state index contributed by atoms with van der Waals surface area (Å²) in [6, 6.07) is 10.00. The van der Waals surface area contributed by atoms with Crippen LogP contribution in [0.15, 0.2) is 36.7 Å². The van der Waals surface area contributed by atoms with Crippen LogP contribution in [-0.2, 0) is 4.74 Å². The van der Waals surface area contributed by atoms with E-state index in [1.807, 2.05) is 37.4 Å². The van der Waals surface area contributed by atoms with Gasteiger partial charge in [0.25, 0.3) is 0 Å². The Morgan fingerprint density at radius 2 is 1.96 bits per heavy atom. The molecule has 1 unspecified atom stereocenters. The van der Waals surface area contributed by atoms with Crippen LogP contribution >= 0.6 is 11.3 Å². The van der Waals surface area contributed by atoms with Crippen LogP contribution in [0, 0.1) is 18.3 Å². The molecule has 0 spiro atoms. The van der Waals surface area contributed by atoms with Crippen molar-refractivity contribution in [3.05, 3.63) is 47.2 Å². The molecule has 0 amide bonds. The summed E-state index contributed by atoms with van der Waals surface area (Å²) in [6.45, 7) is 7.61. The average molecular weight is 392 g/mol. The molecule has 4 rings (SSSR count). The Morgan fingerprint density at radius 1 is 1.18 bits per heavy atom. The van der Waals surface area contributed by atoms with E-state index in [0.717, 1.165) is 40.5 Å². The largest absolute Gasteiger partial charge is 0.372 e. The van der Waals surface area contributed by atoms with E-state index in [-0.39, 0.29) is 12.2 Å². The van der Waals surface area contributed by atoms with Crippen LogP contribution in [0.1, 0.15) is 24.4 Å². The van der Waals surface area contributed by atoms with Crippen LogP contribution in [0.4, 0.5) is 5.95 Å². The molecule has 142 valence electrons. The number of ether oxygens (including phenoxy) is 1. The van der Waals surface area contributed by atoms with Crippen LogP contribution in [0.5, 0.6) is 0 Å². The summed E-state index contributed by atoms with van der Waals surface area (Å²) < 4.78 is 5.84. The van der Waals surface area contributed by atoms with Gasteiger partial charge in [0, 0.05) is 36.7 Å². The van der Waals surface area contributed by atoms with Crippen LogP contribution in [0.3, 0.4) is 0 Å². The van der Waals surface area contributed by atoms with E-state index < -0.39 is 0 Å². The minimum Gasteiger partial charge on any atom is -0.372 e. The van der Waals surface area contributed by atoms with Crippen molar-refractivity contribution in [2.24, 2.45) is 0 Å². The molecule has 0 aromatic carbocycles. The Kier molecular flexibility index (Phi) is 5.07. The number of thiophene rings is 1. The molecule has 3 aromatic heterocycles. The van der Waals surface area contributed by atoms with E-state index in [4.69, 9.17) is 9.72 Å². The van der Waals surface area contributed by atoms with Gasteiger partial charge in [-0.1, -0.05) is 0 Å². The van der Waals surface area contributed by atoms with E-state index in [9.17, 15) is 5.26 Å². The van der Waals surface area contributed by atoms with Crippen molar-refractivity contribution in [2.45, 2.75) is 33.0 Å². The number of rotatable bonds is 3. The maximum Gasteiger partial charge on any atom is 0.226 e. The predicted molar refractivity (Wildman–Crippen MR) is 110 cm³/mol. The lowest BCUT2D eigenvalue weighted by atomic mass is 10.1. The second-order valence-electron chi connectivity index (χ2n) is 7.06. The molecule has 0 aliphatic carbocycles.